The van der Waals surface area contributed by atoms with Crippen LogP contribution in [0.25, 0.3) is 0 Å². The predicted molar refractivity (Wildman–Crippen MR) is 59.5 cm³/mol. The van der Waals surface area contributed by atoms with Crippen LogP contribution in [0.15, 0.2) is 24.3 Å². The summed E-state index contributed by atoms with van der Waals surface area (Å²) in [5.74, 6) is -1.06. The maximum atomic E-state index is 11.3. The van der Waals surface area contributed by atoms with Gasteiger partial charge in [0, 0.05) is 13.0 Å². The Hall–Kier alpha value is -2.04. The van der Waals surface area contributed by atoms with Crippen molar-refractivity contribution in [2.45, 2.75) is 12.8 Å². The van der Waals surface area contributed by atoms with Gasteiger partial charge in [0.2, 0.25) is 5.91 Å². The molecule has 2 rings (SSSR count). The molecule has 3 N–H and O–H groups in total. The van der Waals surface area contributed by atoms with Crippen LogP contribution in [0, 0.1) is 5.41 Å². The van der Waals surface area contributed by atoms with Gasteiger partial charge in [0.25, 0.3) is 0 Å². The first kappa shape index (κ1) is 11.4. The molecule has 1 fully saturated rings. The van der Waals surface area contributed by atoms with E-state index in [1.165, 1.54) is 12.1 Å². The van der Waals surface area contributed by atoms with Gasteiger partial charge in [0.15, 0.2) is 0 Å². The third-order valence-corrected chi connectivity index (χ3v) is 3.06. The molecule has 1 saturated heterocycles. The molecule has 0 spiro atoms. The van der Waals surface area contributed by atoms with E-state index in [-0.39, 0.29) is 31.0 Å². The molecule has 0 aliphatic carbocycles. The SMILES string of the molecule is O=C1CC(Cc2ccc(O)cc2)(C(=O)O)CN1. The minimum atomic E-state index is -1.06. The van der Waals surface area contributed by atoms with Gasteiger partial charge in [-0.25, -0.2) is 0 Å². The molecular formula is C12H13NO4. The number of aliphatic carboxylic acids is 1. The lowest BCUT2D eigenvalue weighted by Crippen LogP contribution is -2.35. The van der Waals surface area contributed by atoms with Crippen molar-refractivity contribution in [3.63, 3.8) is 0 Å². The molecule has 1 unspecified atom stereocenters. The lowest BCUT2D eigenvalue weighted by atomic mass is 9.81. The van der Waals surface area contributed by atoms with Crippen molar-refractivity contribution in [3.8, 4) is 5.75 Å². The standard InChI is InChI=1S/C12H13NO4/c14-9-3-1-8(2-4-9)5-12(11(16)17)6-10(15)13-7-12/h1-4,14H,5-7H2,(H,13,15)(H,16,17). The van der Waals surface area contributed by atoms with Gasteiger partial charge in [-0.15, -0.1) is 0 Å². The van der Waals surface area contributed by atoms with Gasteiger partial charge in [-0.2, -0.15) is 0 Å². The number of aromatic hydroxyl groups is 1. The topological polar surface area (TPSA) is 86.6 Å². The van der Waals surface area contributed by atoms with Crippen molar-refractivity contribution < 1.29 is 19.8 Å². The van der Waals surface area contributed by atoms with E-state index in [0.29, 0.717) is 0 Å². The summed E-state index contributed by atoms with van der Waals surface area (Å²) < 4.78 is 0. The Kier molecular flexibility index (Phi) is 2.75. The summed E-state index contributed by atoms with van der Waals surface area (Å²) in [6, 6.07) is 6.36. The Morgan fingerprint density at radius 3 is 2.47 bits per heavy atom. The second-order valence-corrected chi connectivity index (χ2v) is 4.38. The van der Waals surface area contributed by atoms with Crippen molar-refractivity contribution in [1.82, 2.24) is 5.32 Å². The number of nitrogens with one attached hydrogen (secondary N) is 1. The van der Waals surface area contributed by atoms with Crippen LogP contribution in [0.3, 0.4) is 0 Å². The largest absolute Gasteiger partial charge is 0.508 e. The van der Waals surface area contributed by atoms with Crippen LogP contribution < -0.4 is 5.32 Å². The van der Waals surface area contributed by atoms with Gasteiger partial charge in [0.1, 0.15) is 5.75 Å². The monoisotopic (exact) mass is 235 g/mol. The van der Waals surface area contributed by atoms with Crippen LogP contribution in [0.2, 0.25) is 0 Å². The molecule has 1 aliphatic rings. The highest BCUT2D eigenvalue weighted by molar-refractivity contribution is 5.89. The fourth-order valence-electron chi connectivity index (χ4n) is 2.06. The van der Waals surface area contributed by atoms with Gasteiger partial charge in [0.05, 0.1) is 5.41 Å². The van der Waals surface area contributed by atoms with E-state index < -0.39 is 11.4 Å². The van der Waals surface area contributed by atoms with Gasteiger partial charge in [-0.1, -0.05) is 12.1 Å². The first-order valence-corrected chi connectivity index (χ1v) is 5.30. The van der Waals surface area contributed by atoms with Crippen molar-refractivity contribution in [2.24, 2.45) is 5.41 Å². The van der Waals surface area contributed by atoms with E-state index in [4.69, 9.17) is 5.11 Å². The van der Waals surface area contributed by atoms with E-state index in [1.54, 1.807) is 12.1 Å². The fraction of sp³-hybridized carbons (Fsp3) is 0.333. The maximum absolute atomic E-state index is 11.3. The number of carbonyl (C=O) groups excluding carboxylic acids is 1. The Morgan fingerprint density at radius 2 is 2.00 bits per heavy atom. The summed E-state index contributed by atoms with van der Waals surface area (Å²) in [5, 5.41) is 21.0. The smallest absolute Gasteiger partial charge is 0.312 e. The van der Waals surface area contributed by atoms with Gasteiger partial charge < -0.3 is 15.5 Å². The van der Waals surface area contributed by atoms with Crippen LogP contribution >= 0.6 is 0 Å². The summed E-state index contributed by atoms with van der Waals surface area (Å²) in [4.78, 5) is 22.5. The second kappa shape index (κ2) is 4.08. The maximum Gasteiger partial charge on any atom is 0.312 e. The van der Waals surface area contributed by atoms with E-state index in [1.807, 2.05) is 0 Å². The normalized spacial score (nSPS) is 23.4. The van der Waals surface area contributed by atoms with Crippen LogP contribution in [0.5, 0.6) is 5.75 Å². The summed E-state index contributed by atoms with van der Waals surface area (Å²) in [7, 11) is 0. The molecular weight excluding hydrogens is 222 g/mol. The van der Waals surface area contributed by atoms with Crippen LogP contribution in [0.1, 0.15) is 12.0 Å². The van der Waals surface area contributed by atoms with E-state index >= 15 is 0 Å². The number of hydrogen-bond donors (Lipinski definition) is 3. The number of phenolic OH excluding ortho intramolecular Hbond substituents is 1. The number of rotatable bonds is 3. The fourth-order valence-corrected chi connectivity index (χ4v) is 2.06. The lowest BCUT2D eigenvalue weighted by molar-refractivity contribution is -0.148. The third-order valence-electron chi connectivity index (χ3n) is 3.06. The van der Waals surface area contributed by atoms with E-state index in [9.17, 15) is 14.7 Å². The van der Waals surface area contributed by atoms with Crippen molar-refractivity contribution >= 4 is 11.9 Å². The van der Waals surface area contributed by atoms with Gasteiger partial charge in [-0.3, -0.25) is 9.59 Å². The first-order valence-electron chi connectivity index (χ1n) is 5.30. The molecule has 0 saturated carbocycles. The molecule has 1 amide bonds. The molecule has 17 heavy (non-hydrogen) atoms. The average molecular weight is 235 g/mol. The summed E-state index contributed by atoms with van der Waals surface area (Å²) in [6.45, 7) is 0.155. The Bertz CT molecular complexity index is 454. The number of phenols is 1. The quantitative estimate of drug-likeness (QED) is 0.713. The molecule has 0 radical (unpaired) electrons. The molecule has 1 heterocycles. The zero-order valence-corrected chi connectivity index (χ0v) is 9.14. The average Bonchev–Trinajstić information content (AvgIpc) is 2.65. The number of carbonyl (C=O) groups is 2. The van der Waals surface area contributed by atoms with E-state index in [2.05, 4.69) is 5.32 Å². The highest BCUT2D eigenvalue weighted by Gasteiger charge is 2.45. The summed E-state index contributed by atoms with van der Waals surface area (Å²) in [5.41, 5.74) is -0.268. The van der Waals surface area contributed by atoms with Crippen molar-refractivity contribution in [2.75, 3.05) is 6.54 Å². The molecule has 1 atom stereocenters. The van der Waals surface area contributed by atoms with Crippen LogP contribution in [0.4, 0.5) is 0 Å². The van der Waals surface area contributed by atoms with Crippen molar-refractivity contribution in [3.05, 3.63) is 29.8 Å². The molecule has 90 valence electrons. The van der Waals surface area contributed by atoms with Gasteiger partial charge >= 0.3 is 5.97 Å². The van der Waals surface area contributed by atoms with Gasteiger partial charge in [-0.05, 0) is 24.1 Å². The summed E-state index contributed by atoms with van der Waals surface area (Å²) in [6.07, 6.45) is 0.282. The molecule has 0 aromatic heterocycles. The number of carboxylic acids is 1. The number of benzene rings is 1. The molecule has 1 aromatic rings. The Morgan fingerprint density at radius 1 is 1.35 bits per heavy atom. The Labute approximate surface area is 98.1 Å². The Balaban J connectivity index is 2.22. The third kappa shape index (κ3) is 2.22. The van der Waals surface area contributed by atoms with E-state index in [0.717, 1.165) is 5.56 Å². The minimum Gasteiger partial charge on any atom is -0.508 e. The zero-order chi connectivity index (χ0) is 12.5. The summed E-state index contributed by atoms with van der Waals surface area (Å²) >= 11 is 0. The molecule has 5 heteroatoms. The molecule has 1 aliphatic heterocycles. The number of carboxylic acid groups (broad SMARTS) is 1. The van der Waals surface area contributed by atoms with Crippen LogP contribution in [-0.4, -0.2) is 28.6 Å². The zero-order valence-electron chi connectivity index (χ0n) is 9.14. The predicted octanol–water partition coefficient (Wildman–Crippen LogP) is 0.526. The lowest BCUT2D eigenvalue weighted by Gasteiger charge is -2.21. The number of amides is 1. The minimum absolute atomic E-state index is 0.00318. The number of hydrogen-bond acceptors (Lipinski definition) is 3. The highest BCUT2D eigenvalue weighted by Crippen LogP contribution is 2.31. The second-order valence-electron chi connectivity index (χ2n) is 4.38. The molecule has 1 aromatic carbocycles. The van der Waals surface area contributed by atoms with Crippen molar-refractivity contribution in [1.29, 1.82) is 0 Å². The molecule has 0 bridgehead atoms. The first-order chi connectivity index (χ1) is 8.02. The molecule has 5 nitrogen and oxygen atoms in total. The highest BCUT2D eigenvalue weighted by atomic mass is 16.4. The van der Waals surface area contributed by atoms with Crippen LogP contribution in [-0.2, 0) is 16.0 Å².